The van der Waals surface area contributed by atoms with Crippen LogP contribution in [0.1, 0.15) is 18.5 Å². The van der Waals surface area contributed by atoms with Crippen LogP contribution in [0, 0.1) is 0 Å². The van der Waals surface area contributed by atoms with Crippen LogP contribution in [0.2, 0.25) is 5.02 Å². The molecule has 2 aromatic heterocycles. The first-order chi connectivity index (χ1) is 7.16. The normalized spacial score (nSPS) is 12.7. The second-order valence-corrected chi connectivity index (χ2v) is 3.78. The zero-order valence-electron chi connectivity index (χ0n) is 8.26. The zero-order valence-corrected chi connectivity index (χ0v) is 9.02. The molecule has 1 atom stereocenters. The largest absolute Gasteiger partial charge is 0.324 e. The predicted molar refractivity (Wildman–Crippen MR) is 59.0 cm³/mol. The minimum absolute atomic E-state index is 0.0159. The Morgan fingerprint density at radius 3 is 2.93 bits per heavy atom. The van der Waals surface area contributed by atoms with Crippen molar-refractivity contribution in [1.82, 2.24) is 14.8 Å². The molecule has 0 unspecified atom stereocenters. The van der Waals surface area contributed by atoms with Crippen LogP contribution in [-0.2, 0) is 0 Å². The van der Waals surface area contributed by atoms with Crippen LogP contribution in [0.15, 0.2) is 30.7 Å². The number of nitrogens with zero attached hydrogens (tertiary/aromatic N) is 3. The molecular weight excluding hydrogens is 212 g/mol. The fourth-order valence-corrected chi connectivity index (χ4v) is 1.40. The lowest BCUT2D eigenvalue weighted by atomic mass is 10.1. The van der Waals surface area contributed by atoms with Crippen molar-refractivity contribution in [3.05, 3.63) is 41.3 Å². The lowest BCUT2D eigenvalue weighted by molar-refractivity contribution is 0.796. The molecular formula is C10H11ClN4. The van der Waals surface area contributed by atoms with Crippen molar-refractivity contribution in [3.63, 3.8) is 0 Å². The van der Waals surface area contributed by atoms with Crippen LogP contribution in [0.4, 0.5) is 0 Å². The quantitative estimate of drug-likeness (QED) is 0.845. The third-order valence-electron chi connectivity index (χ3n) is 2.08. The van der Waals surface area contributed by atoms with E-state index in [1.165, 1.54) is 0 Å². The second-order valence-electron chi connectivity index (χ2n) is 3.34. The second kappa shape index (κ2) is 4.00. The lowest BCUT2D eigenvalue weighted by Crippen LogP contribution is -2.07. The van der Waals surface area contributed by atoms with E-state index in [0.29, 0.717) is 5.02 Å². The van der Waals surface area contributed by atoms with E-state index in [9.17, 15) is 0 Å². The summed E-state index contributed by atoms with van der Waals surface area (Å²) in [6.07, 6.45) is 4.99. The number of rotatable bonds is 2. The number of pyridine rings is 1. The van der Waals surface area contributed by atoms with E-state index in [2.05, 4.69) is 10.1 Å². The maximum Gasteiger partial charge on any atom is 0.153 e. The Bertz CT molecular complexity index is 464. The molecule has 2 aromatic rings. The molecule has 0 fully saturated rings. The van der Waals surface area contributed by atoms with E-state index >= 15 is 0 Å². The van der Waals surface area contributed by atoms with Crippen molar-refractivity contribution in [1.29, 1.82) is 0 Å². The van der Waals surface area contributed by atoms with E-state index in [-0.39, 0.29) is 6.04 Å². The number of nitrogens with two attached hydrogens (primary N) is 1. The van der Waals surface area contributed by atoms with Gasteiger partial charge in [0.15, 0.2) is 5.82 Å². The Morgan fingerprint density at radius 1 is 1.53 bits per heavy atom. The molecule has 0 aliphatic rings. The summed E-state index contributed by atoms with van der Waals surface area (Å²) in [6, 6.07) is 3.77. The van der Waals surface area contributed by atoms with Gasteiger partial charge in [0.25, 0.3) is 0 Å². The van der Waals surface area contributed by atoms with Crippen LogP contribution in [0.25, 0.3) is 5.82 Å². The summed E-state index contributed by atoms with van der Waals surface area (Å²) in [7, 11) is 0. The maximum atomic E-state index is 5.78. The van der Waals surface area contributed by atoms with Crippen LogP contribution < -0.4 is 5.73 Å². The fraction of sp³-hybridized carbons (Fsp3) is 0.200. The molecule has 2 heterocycles. The lowest BCUT2D eigenvalue weighted by Gasteiger charge is -2.06. The van der Waals surface area contributed by atoms with Gasteiger partial charge in [-0.1, -0.05) is 11.6 Å². The fourth-order valence-electron chi connectivity index (χ4n) is 1.27. The van der Waals surface area contributed by atoms with Gasteiger partial charge in [0.1, 0.15) is 0 Å². The van der Waals surface area contributed by atoms with Gasteiger partial charge >= 0.3 is 0 Å². The van der Waals surface area contributed by atoms with Crippen LogP contribution in [0.5, 0.6) is 0 Å². The molecule has 0 saturated heterocycles. The highest BCUT2D eigenvalue weighted by Crippen LogP contribution is 2.14. The van der Waals surface area contributed by atoms with E-state index in [1.807, 2.05) is 19.1 Å². The molecule has 0 spiro atoms. The third kappa shape index (κ3) is 2.16. The summed E-state index contributed by atoms with van der Waals surface area (Å²) >= 11 is 5.78. The Labute approximate surface area is 92.7 Å². The number of halogens is 1. The van der Waals surface area contributed by atoms with Gasteiger partial charge < -0.3 is 5.73 Å². The molecule has 15 heavy (non-hydrogen) atoms. The first kappa shape index (κ1) is 10.1. The van der Waals surface area contributed by atoms with Gasteiger partial charge in [-0.25, -0.2) is 9.67 Å². The van der Waals surface area contributed by atoms with Crippen LogP contribution in [-0.4, -0.2) is 14.8 Å². The van der Waals surface area contributed by atoms with Gasteiger partial charge in [-0.15, -0.1) is 0 Å². The predicted octanol–water partition coefficient (Wildman–Crippen LogP) is 1.94. The highest BCUT2D eigenvalue weighted by molar-refractivity contribution is 6.30. The molecule has 78 valence electrons. The monoisotopic (exact) mass is 222 g/mol. The first-order valence-electron chi connectivity index (χ1n) is 4.59. The molecule has 4 nitrogen and oxygen atoms in total. The van der Waals surface area contributed by atoms with Gasteiger partial charge in [0.05, 0.1) is 17.4 Å². The van der Waals surface area contributed by atoms with E-state index in [1.54, 1.807) is 23.3 Å². The minimum Gasteiger partial charge on any atom is -0.324 e. The molecule has 2 rings (SSSR count). The van der Waals surface area contributed by atoms with Gasteiger partial charge in [0, 0.05) is 12.2 Å². The molecule has 2 N–H and O–H groups in total. The summed E-state index contributed by atoms with van der Waals surface area (Å²) in [4.78, 5) is 4.19. The smallest absolute Gasteiger partial charge is 0.153 e. The van der Waals surface area contributed by atoms with Crippen molar-refractivity contribution in [2.24, 2.45) is 5.73 Å². The molecule has 0 aliphatic heterocycles. The van der Waals surface area contributed by atoms with Crippen molar-refractivity contribution in [3.8, 4) is 5.82 Å². The molecule has 0 aromatic carbocycles. The van der Waals surface area contributed by atoms with E-state index in [4.69, 9.17) is 17.3 Å². The van der Waals surface area contributed by atoms with E-state index < -0.39 is 0 Å². The highest BCUT2D eigenvalue weighted by atomic mass is 35.5. The molecule has 0 radical (unpaired) electrons. The zero-order chi connectivity index (χ0) is 10.8. The summed E-state index contributed by atoms with van der Waals surface area (Å²) < 4.78 is 1.62. The topological polar surface area (TPSA) is 56.7 Å². The number of hydrogen-bond donors (Lipinski definition) is 1. The Morgan fingerprint density at radius 2 is 2.33 bits per heavy atom. The molecule has 0 bridgehead atoms. The van der Waals surface area contributed by atoms with Crippen molar-refractivity contribution >= 4 is 11.6 Å². The minimum atomic E-state index is -0.0159. The molecule has 0 amide bonds. The standard InChI is InChI=1S/C10H11ClN4/c1-7(12)8-2-3-13-10(4-8)15-6-9(11)5-14-15/h2-7H,12H2,1H3/t7-/m1/s1. The SMILES string of the molecule is C[C@@H](N)c1ccnc(-n2cc(Cl)cn2)c1. The summed E-state index contributed by atoms with van der Waals surface area (Å²) in [5.41, 5.74) is 6.80. The number of hydrogen-bond acceptors (Lipinski definition) is 3. The average molecular weight is 223 g/mol. The summed E-state index contributed by atoms with van der Waals surface area (Å²) in [5, 5.41) is 4.65. The van der Waals surface area contributed by atoms with Crippen LogP contribution >= 0.6 is 11.6 Å². The Kier molecular flexibility index (Phi) is 2.70. The van der Waals surface area contributed by atoms with Gasteiger partial charge in [-0.2, -0.15) is 5.10 Å². The summed E-state index contributed by atoms with van der Waals surface area (Å²) in [6.45, 7) is 1.93. The van der Waals surface area contributed by atoms with Crippen molar-refractivity contribution in [2.75, 3.05) is 0 Å². The third-order valence-corrected chi connectivity index (χ3v) is 2.28. The van der Waals surface area contributed by atoms with Gasteiger partial charge in [-0.3, -0.25) is 0 Å². The van der Waals surface area contributed by atoms with Gasteiger partial charge in [0.2, 0.25) is 0 Å². The van der Waals surface area contributed by atoms with E-state index in [0.717, 1.165) is 11.4 Å². The molecule has 5 heteroatoms. The molecule has 0 aliphatic carbocycles. The maximum absolute atomic E-state index is 5.78. The van der Waals surface area contributed by atoms with Crippen LogP contribution in [0.3, 0.4) is 0 Å². The van der Waals surface area contributed by atoms with Gasteiger partial charge in [-0.05, 0) is 24.6 Å². The number of aromatic nitrogens is 3. The average Bonchev–Trinajstić information content (AvgIpc) is 2.65. The highest BCUT2D eigenvalue weighted by Gasteiger charge is 2.04. The van der Waals surface area contributed by atoms with Crippen molar-refractivity contribution < 1.29 is 0 Å². The first-order valence-corrected chi connectivity index (χ1v) is 4.96. The van der Waals surface area contributed by atoms with Crippen molar-refractivity contribution in [2.45, 2.75) is 13.0 Å². The Hall–Kier alpha value is -1.39. The summed E-state index contributed by atoms with van der Waals surface area (Å²) in [5.74, 6) is 0.719. The Balaban J connectivity index is 2.41. The molecule has 0 saturated carbocycles.